The monoisotopic (exact) mass is 322 g/mol. The highest BCUT2D eigenvalue weighted by Crippen LogP contribution is 2.27. The molecule has 0 saturated carbocycles. The van der Waals surface area contributed by atoms with Crippen molar-refractivity contribution in [2.45, 2.75) is 13.0 Å². The predicted octanol–water partition coefficient (Wildman–Crippen LogP) is 3.64. The number of ether oxygens (including phenoxy) is 2. The van der Waals surface area contributed by atoms with Crippen molar-refractivity contribution in [2.75, 3.05) is 19.5 Å². The smallest absolute Gasteiger partial charge is 0.137 e. The number of hydrogen-bond donors (Lipinski definition) is 1. The standard InChI is InChI=1S/C19H20N3O2/c1-4-13-6-5-7-16-18(13)21-12-22-19(16)20-11-14-8-9-15(23-2)10-17(14)24-3/h5-10,12H,1,4,11H2,2-3H3,(H,20,21,22). The van der Waals surface area contributed by atoms with Crippen LogP contribution in [0.2, 0.25) is 0 Å². The molecule has 0 aliphatic heterocycles. The molecule has 0 bridgehead atoms. The maximum atomic E-state index is 5.44. The van der Waals surface area contributed by atoms with Crippen molar-refractivity contribution in [2.24, 2.45) is 0 Å². The van der Waals surface area contributed by atoms with Crippen LogP contribution in [0.3, 0.4) is 0 Å². The van der Waals surface area contributed by atoms with Gasteiger partial charge in [-0.15, -0.1) is 0 Å². The molecule has 1 radical (unpaired) electrons. The Balaban J connectivity index is 1.89. The molecule has 0 aliphatic carbocycles. The third kappa shape index (κ3) is 3.11. The Bertz CT molecular complexity index is 849. The van der Waals surface area contributed by atoms with Crippen LogP contribution in [0.15, 0.2) is 42.7 Å². The summed E-state index contributed by atoms with van der Waals surface area (Å²) in [6.07, 6.45) is 2.27. The molecule has 0 aliphatic rings. The van der Waals surface area contributed by atoms with E-state index in [2.05, 4.69) is 22.2 Å². The highest BCUT2D eigenvalue weighted by Gasteiger charge is 2.09. The van der Waals surface area contributed by atoms with Crippen LogP contribution >= 0.6 is 0 Å². The highest BCUT2D eigenvalue weighted by atomic mass is 16.5. The first-order valence-corrected chi connectivity index (χ1v) is 7.73. The number of fused-ring (bicyclic) bond motifs is 1. The molecule has 0 spiro atoms. The van der Waals surface area contributed by atoms with Crippen molar-refractivity contribution in [1.82, 2.24) is 9.97 Å². The van der Waals surface area contributed by atoms with Gasteiger partial charge in [0, 0.05) is 23.6 Å². The zero-order valence-corrected chi connectivity index (χ0v) is 13.9. The number of hydrogen-bond acceptors (Lipinski definition) is 5. The average molecular weight is 322 g/mol. The van der Waals surface area contributed by atoms with E-state index in [1.807, 2.05) is 36.4 Å². The van der Waals surface area contributed by atoms with Crippen LogP contribution in [-0.4, -0.2) is 24.2 Å². The van der Waals surface area contributed by atoms with Crippen molar-refractivity contribution in [1.29, 1.82) is 0 Å². The predicted molar refractivity (Wildman–Crippen MR) is 95.5 cm³/mol. The fourth-order valence-electron chi connectivity index (χ4n) is 2.67. The molecule has 5 heteroatoms. The van der Waals surface area contributed by atoms with Crippen molar-refractivity contribution in [3.8, 4) is 11.5 Å². The fourth-order valence-corrected chi connectivity index (χ4v) is 2.67. The molecule has 123 valence electrons. The zero-order chi connectivity index (χ0) is 16.9. The molecule has 3 rings (SSSR count). The molecular weight excluding hydrogens is 302 g/mol. The molecule has 3 aromatic rings. The minimum absolute atomic E-state index is 0.591. The van der Waals surface area contributed by atoms with Crippen LogP contribution in [0.1, 0.15) is 11.1 Å². The van der Waals surface area contributed by atoms with E-state index >= 15 is 0 Å². The summed E-state index contributed by atoms with van der Waals surface area (Å²) in [6, 6.07) is 11.8. The Morgan fingerprint density at radius 3 is 2.67 bits per heavy atom. The summed E-state index contributed by atoms with van der Waals surface area (Å²) >= 11 is 0. The third-order valence-electron chi connectivity index (χ3n) is 3.96. The lowest BCUT2D eigenvalue weighted by Crippen LogP contribution is -2.05. The number of anilines is 1. The summed E-state index contributed by atoms with van der Waals surface area (Å²) in [5, 5.41) is 4.37. The Morgan fingerprint density at radius 1 is 1.04 bits per heavy atom. The van der Waals surface area contributed by atoms with E-state index in [0.717, 1.165) is 39.3 Å². The highest BCUT2D eigenvalue weighted by molar-refractivity contribution is 5.91. The number of methoxy groups -OCH3 is 2. The van der Waals surface area contributed by atoms with E-state index in [1.54, 1.807) is 20.5 Å². The Morgan fingerprint density at radius 2 is 1.92 bits per heavy atom. The molecule has 24 heavy (non-hydrogen) atoms. The lowest BCUT2D eigenvalue weighted by Gasteiger charge is -2.13. The van der Waals surface area contributed by atoms with E-state index < -0.39 is 0 Å². The molecule has 0 unspecified atom stereocenters. The lowest BCUT2D eigenvalue weighted by molar-refractivity contribution is 0.391. The summed E-state index contributed by atoms with van der Waals surface area (Å²) in [7, 11) is 3.29. The Hall–Kier alpha value is -2.82. The maximum Gasteiger partial charge on any atom is 0.137 e. The lowest BCUT2D eigenvalue weighted by atomic mass is 10.1. The Labute approximate surface area is 141 Å². The van der Waals surface area contributed by atoms with Gasteiger partial charge in [0.05, 0.1) is 19.7 Å². The SMILES string of the molecule is [CH2]Cc1cccc2c(NCc3ccc(OC)cc3OC)ncnc12. The van der Waals surface area contributed by atoms with Crippen LogP contribution in [-0.2, 0) is 13.0 Å². The van der Waals surface area contributed by atoms with Gasteiger partial charge >= 0.3 is 0 Å². The number of rotatable bonds is 6. The van der Waals surface area contributed by atoms with Crippen molar-refractivity contribution >= 4 is 16.7 Å². The molecule has 1 heterocycles. The molecule has 2 aromatic carbocycles. The van der Waals surface area contributed by atoms with Gasteiger partial charge in [0.2, 0.25) is 0 Å². The largest absolute Gasteiger partial charge is 0.497 e. The summed E-state index contributed by atoms with van der Waals surface area (Å²) in [4.78, 5) is 8.77. The normalized spacial score (nSPS) is 10.6. The molecule has 0 amide bonds. The second kappa shape index (κ2) is 7.17. The third-order valence-corrected chi connectivity index (χ3v) is 3.96. The molecular formula is C19H20N3O2. The van der Waals surface area contributed by atoms with Crippen LogP contribution in [0.4, 0.5) is 5.82 Å². The van der Waals surface area contributed by atoms with Crippen molar-refractivity contribution in [3.63, 3.8) is 0 Å². The van der Waals surface area contributed by atoms with Gasteiger partial charge in [0.25, 0.3) is 0 Å². The first kappa shape index (κ1) is 16.1. The van der Waals surface area contributed by atoms with E-state index in [4.69, 9.17) is 9.47 Å². The molecule has 1 N–H and O–H groups in total. The van der Waals surface area contributed by atoms with Crippen molar-refractivity contribution in [3.05, 3.63) is 60.8 Å². The van der Waals surface area contributed by atoms with Crippen LogP contribution in [0.5, 0.6) is 11.5 Å². The van der Waals surface area contributed by atoms with Gasteiger partial charge in [0.15, 0.2) is 0 Å². The van der Waals surface area contributed by atoms with Gasteiger partial charge in [-0.2, -0.15) is 0 Å². The van der Waals surface area contributed by atoms with Crippen LogP contribution < -0.4 is 14.8 Å². The first-order chi connectivity index (χ1) is 11.8. The summed E-state index contributed by atoms with van der Waals surface area (Å²) in [5.41, 5.74) is 3.07. The summed E-state index contributed by atoms with van der Waals surface area (Å²) in [6.45, 7) is 4.55. The number of aromatic nitrogens is 2. The molecule has 5 nitrogen and oxygen atoms in total. The quantitative estimate of drug-likeness (QED) is 0.751. The number of nitrogens with zero attached hydrogens (tertiary/aromatic N) is 2. The fraction of sp³-hybridized carbons (Fsp3) is 0.211. The van der Waals surface area contributed by atoms with Gasteiger partial charge in [-0.3, -0.25) is 0 Å². The van der Waals surface area contributed by atoms with Crippen LogP contribution in [0, 0.1) is 6.92 Å². The molecule has 0 atom stereocenters. The molecule has 1 aromatic heterocycles. The first-order valence-electron chi connectivity index (χ1n) is 7.73. The maximum absolute atomic E-state index is 5.44. The van der Waals surface area contributed by atoms with E-state index in [1.165, 1.54) is 0 Å². The average Bonchev–Trinajstić information content (AvgIpc) is 2.65. The van der Waals surface area contributed by atoms with E-state index in [9.17, 15) is 0 Å². The van der Waals surface area contributed by atoms with Gasteiger partial charge in [0.1, 0.15) is 23.6 Å². The van der Waals surface area contributed by atoms with Crippen LogP contribution in [0.25, 0.3) is 10.9 Å². The minimum atomic E-state index is 0.591. The number of para-hydroxylation sites is 1. The zero-order valence-electron chi connectivity index (χ0n) is 13.9. The Kier molecular flexibility index (Phi) is 4.79. The van der Waals surface area contributed by atoms with Gasteiger partial charge in [-0.1, -0.05) is 12.1 Å². The topological polar surface area (TPSA) is 56.3 Å². The van der Waals surface area contributed by atoms with Gasteiger partial charge in [-0.25, -0.2) is 9.97 Å². The van der Waals surface area contributed by atoms with E-state index in [0.29, 0.717) is 13.0 Å². The second-order valence-electron chi connectivity index (χ2n) is 5.32. The minimum Gasteiger partial charge on any atom is -0.497 e. The summed E-state index contributed by atoms with van der Waals surface area (Å²) < 4.78 is 10.7. The number of benzene rings is 2. The molecule has 0 saturated heterocycles. The molecule has 0 fully saturated rings. The van der Waals surface area contributed by atoms with Gasteiger partial charge < -0.3 is 14.8 Å². The van der Waals surface area contributed by atoms with E-state index in [-0.39, 0.29) is 0 Å². The van der Waals surface area contributed by atoms with Gasteiger partial charge in [-0.05, 0) is 37.1 Å². The second-order valence-corrected chi connectivity index (χ2v) is 5.32. The number of nitrogens with one attached hydrogen (secondary N) is 1. The van der Waals surface area contributed by atoms with Crippen molar-refractivity contribution < 1.29 is 9.47 Å². The summed E-state index contributed by atoms with van der Waals surface area (Å²) in [5.74, 6) is 2.34.